The van der Waals surface area contributed by atoms with Crippen molar-refractivity contribution in [3.05, 3.63) is 28.2 Å². The molecule has 94 valence electrons. The summed E-state index contributed by atoms with van der Waals surface area (Å²) in [5.41, 5.74) is 1.25. The lowest BCUT2D eigenvalue weighted by molar-refractivity contribution is 0.153. The van der Waals surface area contributed by atoms with E-state index in [1.807, 2.05) is 6.07 Å². The van der Waals surface area contributed by atoms with Crippen molar-refractivity contribution in [3.8, 4) is 5.75 Å². The van der Waals surface area contributed by atoms with E-state index in [0.29, 0.717) is 6.04 Å². The third kappa shape index (κ3) is 3.00. The van der Waals surface area contributed by atoms with Crippen LogP contribution in [0.5, 0.6) is 5.75 Å². The zero-order valence-corrected chi connectivity index (χ0v) is 11.6. The fourth-order valence-corrected chi connectivity index (χ4v) is 2.94. The maximum Gasteiger partial charge on any atom is 0.133 e. The average Bonchev–Trinajstić information content (AvgIpc) is 2.76. The van der Waals surface area contributed by atoms with E-state index in [1.165, 1.54) is 12.0 Å². The first kappa shape index (κ1) is 12.9. The van der Waals surface area contributed by atoms with Crippen molar-refractivity contribution < 1.29 is 9.84 Å². The number of halogens is 1. The van der Waals surface area contributed by atoms with E-state index in [4.69, 9.17) is 4.74 Å². The highest BCUT2D eigenvalue weighted by molar-refractivity contribution is 9.10. The number of hydrogen-bond donors (Lipinski definition) is 1. The predicted octanol–water partition coefficient (Wildman–Crippen LogP) is 2.41. The number of aliphatic hydroxyl groups excluding tert-OH is 1. The first-order chi connectivity index (χ1) is 8.24. The summed E-state index contributed by atoms with van der Waals surface area (Å²) >= 11 is 3.50. The molecular formula is C13H18BrNO2. The number of aliphatic hydroxyl groups is 1. The van der Waals surface area contributed by atoms with Gasteiger partial charge in [0, 0.05) is 12.6 Å². The second-order valence-electron chi connectivity index (χ2n) is 4.42. The molecule has 0 spiro atoms. The molecular weight excluding hydrogens is 282 g/mol. The molecule has 1 fully saturated rings. The summed E-state index contributed by atoms with van der Waals surface area (Å²) in [5.74, 6) is 0.855. The second kappa shape index (κ2) is 5.85. The highest BCUT2D eigenvalue weighted by Crippen LogP contribution is 2.27. The third-order valence-electron chi connectivity index (χ3n) is 3.31. The Balaban J connectivity index is 2.05. The Morgan fingerprint density at radius 3 is 3.00 bits per heavy atom. The number of hydrogen-bond acceptors (Lipinski definition) is 3. The van der Waals surface area contributed by atoms with Gasteiger partial charge in [0.2, 0.25) is 0 Å². The molecule has 2 rings (SSSR count). The third-order valence-corrected chi connectivity index (χ3v) is 3.93. The normalized spacial score (nSPS) is 20.8. The van der Waals surface area contributed by atoms with Crippen molar-refractivity contribution in [2.24, 2.45) is 0 Å². The van der Waals surface area contributed by atoms with Crippen molar-refractivity contribution in [2.75, 3.05) is 20.3 Å². The lowest BCUT2D eigenvalue weighted by Crippen LogP contribution is -2.31. The number of methoxy groups -OCH3 is 1. The van der Waals surface area contributed by atoms with Gasteiger partial charge in [0.15, 0.2) is 0 Å². The molecule has 0 bridgehead atoms. The molecule has 1 aromatic rings. The molecule has 0 radical (unpaired) electrons. The Bertz CT molecular complexity index is 384. The van der Waals surface area contributed by atoms with Gasteiger partial charge in [-0.3, -0.25) is 4.90 Å². The number of likely N-dealkylation sites (tertiary alicyclic amines) is 1. The van der Waals surface area contributed by atoms with Crippen LogP contribution in [0.15, 0.2) is 22.7 Å². The van der Waals surface area contributed by atoms with Gasteiger partial charge >= 0.3 is 0 Å². The van der Waals surface area contributed by atoms with Gasteiger partial charge in [0.05, 0.1) is 18.2 Å². The Labute approximate surface area is 111 Å². The molecule has 0 unspecified atom stereocenters. The Kier molecular flexibility index (Phi) is 4.42. The quantitative estimate of drug-likeness (QED) is 0.927. The van der Waals surface area contributed by atoms with Crippen LogP contribution in [-0.4, -0.2) is 36.3 Å². The Hall–Kier alpha value is -0.580. The number of nitrogens with zero attached hydrogens (tertiary/aromatic N) is 1. The zero-order valence-electron chi connectivity index (χ0n) is 10.0. The standard InChI is InChI=1S/C13H18BrNO2/c1-17-13-5-4-10(7-12(13)14)8-15-6-2-3-11(15)9-16/h4-5,7,11,16H,2-3,6,8-9H2,1H3/t11-/m1/s1. The average molecular weight is 300 g/mol. The summed E-state index contributed by atoms with van der Waals surface area (Å²) in [6.07, 6.45) is 2.29. The lowest BCUT2D eigenvalue weighted by Gasteiger charge is -2.22. The zero-order chi connectivity index (χ0) is 12.3. The monoisotopic (exact) mass is 299 g/mol. The fourth-order valence-electron chi connectivity index (χ4n) is 2.35. The van der Waals surface area contributed by atoms with Crippen LogP contribution in [0.2, 0.25) is 0 Å². The molecule has 0 aromatic heterocycles. The van der Waals surface area contributed by atoms with E-state index < -0.39 is 0 Å². The molecule has 4 heteroatoms. The fraction of sp³-hybridized carbons (Fsp3) is 0.538. The molecule has 0 aliphatic carbocycles. The minimum atomic E-state index is 0.261. The molecule has 0 saturated carbocycles. The molecule has 1 heterocycles. The molecule has 1 saturated heterocycles. The van der Waals surface area contributed by atoms with Crippen LogP contribution in [0.3, 0.4) is 0 Å². The van der Waals surface area contributed by atoms with Crippen molar-refractivity contribution in [2.45, 2.75) is 25.4 Å². The lowest BCUT2D eigenvalue weighted by atomic mass is 10.2. The highest BCUT2D eigenvalue weighted by atomic mass is 79.9. The van der Waals surface area contributed by atoms with Gasteiger partial charge in [-0.2, -0.15) is 0 Å². The predicted molar refractivity (Wildman–Crippen MR) is 71.2 cm³/mol. The molecule has 1 aliphatic heterocycles. The first-order valence-electron chi connectivity index (χ1n) is 5.92. The Morgan fingerprint density at radius 1 is 1.53 bits per heavy atom. The van der Waals surface area contributed by atoms with Gasteiger partial charge in [-0.25, -0.2) is 0 Å². The van der Waals surface area contributed by atoms with E-state index in [0.717, 1.165) is 29.7 Å². The molecule has 3 nitrogen and oxygen atoms in total. The van der Waals surface area contributed by atoms with Crippen LogP contribution in [0.1, 0.15) is 18.4 Å². The van der Waals surface area contributed by atoms with E-state index in [1.54, 1.807) is 7.11 Å². The Morgan fingerprint density at radius 2 is 2.35 bits per heavy atom. The van der Waals surface area contributed by atoms with Crippen LogP contribution < -0.4 is 4.74 Å². The molecule has 1 aromatic carbocycles. The van der Waals surface area contributed by atoms with Crippen molar-refractivity contribution in [1.82, 2.24) is 4.90 Å². The van der Waals surface area contributed by atoms with Gasteiger partial charge in [-0.15, -0.1) is 0 Å². The molecule has 1 aliphatic rings. The maximum absolute atomic E-state index is 9.28. The summed E-state index contributed by atoms with van der Waals surface area (Å²) < 4.78 is 6.20. The first-order valence-corrected chi connectivity index (χ1v) is 6.71. The molecule has 17 heavy (non-hydrogen) atoms. The van der Waals surface area contributed by atoms with Crippen molar-refractivity contribution in [3.63, 3.8) is 0 Å². The smallest absolute Gasteiger partial charge is 0.133 e. The van der Waals surface area contributed by atoms with Crippen molar-refractivity contribution >= 4 is 15.9 Å². The van der Waals surface area contributed by atoms with Gasteiger partial charge in [0.25, 0.3) is 0 Å². The van der Waals surface area contributed by atoms with Gasteiger partial charge in [-0.1, -0.05) is 6.07 Å². The minimum absolute atomic E-state index is 0.261. The summed E-state index contributed by atoms with van der Waals surface area (Å²) in [7, 11) is 1.67. The summed E-state index contributed by atoms with van der Waals surface area (Å²) in [6.45, 7) is 2.24. The number of rotatable bonds is 4. The van der Waals surface area contributed by atoms with Gasteiger partial charge in [-0.05, 0) is 53.0 Å². The van der Waals surface area contributed by atoms with E-state index >= 15 is 0 Å². The van der Waals surface area contributed by atoms with Crippen molar-refractivity contribution in [1.29, 1.82) is 0 Å². The number of benzene rings is 1. The van der Waals surface area contributed by atoms with Crippen LogP contribution in [0.25, 0.3) is 0 Å². The van der Waals surface area contributed by atoms with E-state index in [2.05, 4.69) is 33.0 Å². The van der Waals surface area contributed by atoms with Gasteiger partial charge in [0.1, 0.15) is 5.75 Å². The summed E-state index contributed by atoms with van der Waals surface area (Å²) in [6, 6.07) is 6.47. The van der Waals surface area contributed by atoms with Crippen LogP contribution in [0.4, 0.5) is 0 Å². The minimum Gasteiger partial charge on any atom is -0.496 e. The largest absolute Gasteiger partial charge is 0.496 e. The SMILES string of the molecule is COc1ccc(CN2CCC[C@@H]2CO)cc1Br. The van der Waals surface area contributed by atoms with E-state index in [-0.39, 0.29) is 6.61 Å². The topological polar surface area (TPSA) is 32.7 Å². The second-order valence-corrected chi connectivity index (χ2v) is 5.27. The molecule has 1 N–H and O–H groups in total. The van der Waals surface area contributed by atoms with E-state index in [9.17, 15) is 5.11 Å². The summed E-state index contributed by atoms with van der Waals surface area (Å²) in [5, 5.41) is 9.28. The maximum atomic E-state index is 9.28. The van der Waals surface area contributed by atoms with Crippen LogP contribution in [0, 0.1) is 0 Å². The van der Waals surface area contributed by atoms with Crippen LogP contribution in [-0.2, 0) is 6.54 Å². The van der Waals surface area contributed by atoms with Crippen LogP contribution >= 0.6 is 15.9 Å². The molecule has 1 atom stereocenters. The van der Waals surface area contributed by atoms with Gasteiger partial charge < -0.3 is 9.84 Å². The highest BCUT2D eigenvalue weighted by Gasteiger charge is 2.23. The summed E-state index contributed by atoms with van der Waals surface area (Å²) in [4.78, 5) is 2.34. The number of ether oxygens (including phenoxy) is 1. The molecule has 0 amide bonds.